The fourth-order valence-electron chi connectivity index (χ4n) is 0.428. The van der Waals surface area contributed by atoms with Gasteiger partial charge in [-0.25, -0.2) is 0 Å². The number of nitrogens with one attached hydrogen (secondary N) is 1. The summed E-state index contributed by atoms with van der Waals surface area (Å²) in [6, 6.07) is 0. The minimum Gasteiger partial charge on any atom is -0.285 e. The fraction of sp³-hybridized carbons (Fsp3) is 0.250. The number of halogens is 3. The van der Waals surface area contributed by atoms with Crippen LogP contribution in [0.4, 0.5) is 13.2 Å². The van der Waals surface area contributed by atoms with E-state index in [4.69, 9.17) is 0 Å². The number of nitrogens with zero attached hydrogens (tertiary/aromatic N) is 1. The molecule has 0 saturated heterocycles. The maximum Gasteiger partial charge on any atom is 0.446 e. The van der Waals surface area contributed by atoms with E-state index in [-0.39, 0.29) is 16.7 Å². The number of alkyl halides is 3. The summed E-state index contributed by atoms with van der Waals surface area (Å²) >= 11 is -0.186. The number of aromatic nitrogens is 2. The second-order valence-corrected chi connectivity index (χ2v) is 2.62. The average molecular weight is 168 g/mol. The third-order valence-electron chi connectivity index (χ3n) is 0.707. The predicted octanol–water partition coefficient (Wildman–Crippen LogP) is 2.02. The molecule has 1 N–H and O–H groups in total. The molecule has 0 fully saturated rings. The number of hydrogen-bond donors (Lipinski definition) is 1. The normalized spacial score (nSPS) is 11.9. The second-order valence-electron chi connectivity index (χ2n) is 1.48. The van der Waals surface area contributed by atoms with E-state index in [2.05, 4.69) is 10.2 Å². The van der Waals surface area contributed by atoms with E-state index in [1.165, 1.54) is 6.20 Å². The van der Waals surface area contributed by atoms with Crippen LogP contribution in [0.15, 0.2) is 17.3 Å². The van der Waals surface area contributed by atoms with Crippen LogP contribution in [0.2, 0.25) is 0 Å². The van der Waals surface area contributed by atoms with Crippen molar-refractivity contribution in [3.8, 4) is 0 Å². The summed E-state index contributed by atoms with van der Waals surface area (Å²) in [7, 11) is 0. The summed E-state index contributed by atoms with van der Waals surface area (Å²) in [5, 5.41) is 5.64. The predicted molar refractivity (Wildman–Crippen MR) is 30.5 cm³/mol. The SMILES string of the molecule is FC(F)(F)Sc1cn[nH]c1. The first-order valence-corrected chi connectivity index (χ1v) is 3.14. The molecule has 56 valence electrons. The lowest BCUT2D eigenvalue weighted by atomic mass is 10.7. The van der Waals surface area contributed by atoms with Crippen LogP contribution in [0, 0.1) is 0 Å². The monoisotopic (exact) mass is 168 g/mol. The number of hydrogen-bond acceptors (Lipinski definition) is 2. The van der Waals surface area contributed by atoms with Crippen LogP contribution in [0.25, 0.3) is 0 Å². The number of H-pyrrole nitrogens is 1. The molecule has 10 heavy (non-hydrogen) atoms. The molecule has 0 bridgehead atoms. The van der Waals surface area contributed by atoms with Crippen molar-refractivity contribution < 1.29 is 13.2 Å². The van der Waals surface area contributed by atoms with E-state index >= 15 is 0 Å². The number of aromatic amines is 1. The van der Waals surface area contributed by atoms with Crippen molar-refractivity contribution in [3.05, 3.63) is 12.4 Å². The Hall–Kier alpha value is -0.650. The Morgan fingerprint density at radius 1 is 1.50 bits per heavy atom. The molecule has 0 unspecified atom stereocenters. The van der Waals surface area contributed by atoms with Gasteiger partial charge in [-0.2, -0.15) is 18.3 Å². The standard InChI is InChI=1S/C4H3F3N2S/c5-4(6,7)10-3-1-8-9-2-3/h1-2H,(H,8,9). The smallest absolute Gasteiger partial charge is 0.285 e. The van der Waals surface area contributed by atoms with E-state index in [9.17, 15) is 13.2 Å². The molecular formula is C4H3F3N2S. The van der Waals surface area contributed by atoms with Crippen molar-refractivity contribution in [2.75, 3.05) is 0 Å². The van der Waals surface area contributed by atoms with E-state index in [1.54, 1.807) is 0 Å². The maximum absolute atomic E-state index is 11.5. The van der Waals surface area contributed by atoms with Gasteiger partial charge in [0.25, 0.3) is 0 Å². The molecule has 0 aliphatic carbocycles. The van der Waals surface area contributed by atoms with Crippen molar-refractivity contribution >= 4 is 11.8 Å². The molecule has 0 aromatic carbocycles. The molecule has 0 aliphatic rings. The number of rotatable bonds is 1. The van der Waals surface area contributed by atoms with Gasteiger partial charge in [0.05, 0.1) is 11.1 Å². The molecule has 0 atom stereocenters. The maximum atomic E-state index is 11.5. The molecule has 1 heterocycles. The van der Waals surface area contributed by atoms with Crippen molar-refractivity contribution in [1.29, 1.82) is 0 Å². The lowest BCUT2D eigenvalue weighted by Crippen LogP contribution is -1.97. The summed E-state index contributed by atoms with van der Waals surface area (Å²) in [5.41, 5.74) is -4.22. The first kappa shape index (κ1) is 7.46. The van der Waals surface area contributed by atoms with Gasteiger partial charge in [-0.1, -0.05) is 0 Å². The summed E-state index contributed by atoms with van der Waals surface area (Å²) < 4.78 is 34.6. The van der Waals surface area contributed by atoms with Crippen LogP contribution in [-0.2, 0) is 0 Å². The fourth-order valence-corrected chi connectivity index (χ4v) is 0.913. The van der Waals surface area contributed by atoms with Crippen LogP contribution in [-0.4, -0.2) is 15.7 Å². The average Bonchev–Trinajstić information content (AvgIpc) is 2.12. The number of thioether (sulfide) groups is 1. The molecule has 1 aromatic rings. The van der Waals surface area contributed by atoms with Crippen molar-refractivity contribution in [1.82, 2.24) is 10.2 Å². The van der Waals surface area contributed by atoms with Gasteiger partial charge in [0, 0.05) is 6.20 Å². The molecule has 0 spiro atoms. The molecule has 2 nitrogen and oxygen atoms in total. The molecule has 1 aromatic heterocycles. The summed E-state index contributed by atoms with van der Waals surface area (Å²) in [6.45, 7) is 0. The Bertz CT molecular complexity index is 193. The van der Waals surface area contributed by atoms with Gasteiger partial charge in [-0.15, -0.1) is 0 Å². The van der Waals surface area contributed by atoms with Crippen LogP contribution in [0.5, 0.6) is 0 Å². The van der Waals surface area contributed by atoms with E-state index < -0.39 is 5.51 Å². The topological polar surface area (TPSA) is 28.7 Å². The van der Waals surface area contributed by atoms with Crippen LogP contribution in [0.3, 0.4) is 0 Å². The largest absolute Gasteiger partial charge is 0.446 e. The zero-order valence-electron chi connectivity index (χ0n) is 4.64. The van der Waals surface area contributed by atoms with Crippen LogP contribution in [0.1, 0.15) is 0 Å². The minimum absolute atomic E-state index is 0.0764. The highest BCUT2D eigenvalue weighted by atomic mass is 32.2. The van der Waals surface area contributed by atoms with Crippen molar-refractivity contribution in [2.24, 2.45) is 0 Å². The quantitative estimate of drug-likeness (QED) is 0.650. The molecule has 0 saturated carbocycles. The lowest BCUT2D eigenvalue weighted by Gasteiger charge is -2.00. The zero-order chi connectivity index (χ0) is 7.61. The van der Waals surface area contributed by atoms with Crippen LogP contribution < -0.4 is 0 Å². The zero-order valence-corrected chi connectivity index (χ0v) is 5.46. The lowest BCUT2D eigenvalue weighted by molar-refractivity contribution is -0.0328. The van der Waals surface area contributed by atoms with Gasteiger partial charge < -0.3 is 0 Å². The molecular weight excluding hydrogens is 165 g/mol. The van der Waals surface area contributed by atoms with Gasteiger partial charge in [0.1, 0.15) is 0 Å². The highest BCUT2D eigenvalue weighted by Gasteiger charge is 2.29. The first-order valence-electron chi connectivity index (χ1n) is 2.32. The van der Waals surface area contributed by atoms with E-state index in [0.717, 1.165) is 6.20 Å². The highest BCUT2D eigenvalue weighted by Crippen LogP contribution is 2.35. The molecule has 0 radical (unpaired) electrons. The van der Waals surface area contributed by atoms with Gasteiger partial charge in [0.15, 0.2) is 0 Å². The molecule has 1 rings (SSSR count). The highest BCUT2D eigenvalue weighted by molar-refractivity contribution is 8.00. The van der Waals surface area contributed by atoms with E-state index in [0.29, 0.717) is 0 Å². The Labute approximate surface area is 58.8 Å². The molecule has 0 amide bonds. The van der Waals surface area contributed by atoms with E-state index in [1.807, 2.05) is 0 Å². The summed E-state index contributed by atoms with van der Waals surface area (Å²) in [4.78, 5) is 0.0764. The molecule has 0 aliphatic heterocycles. The third-order valence-corrected chi connectivity index (χ3v) is 1.40. The van der Waals surface area contributed by atoms with Gasteiger partial charge in [0.2, 0.25) is 0 Å². The second kappa shape index (κ2) is 2.53. The van der Waals surface area contributed by atoms with Gasteiger partial charge >= 0.3 is 5.51 Å². The third kappa shape index (κ3) is 2.30. The Balaban J connectivity index is 2.57. The Morgan fingerprint density at radius 3 is 2.60 bits per heavy atom. The minimum atomic E-state index is -4.22. The van der Waals surface area contributed by atoms with Gasteiger partial charge in [-0.3, -0.25) is 5.10 Å². The Morgan fingerprint density at radius 2 is 2.20 bits per heavy atom. The van der Waals surface area contributed by atoms with Crippen molar-refractivity contribution in [3.63, 3.8) is 0 Å². The van der Waals surface area contributed by atoms with Crippen LogP contribution >= 0.6 is 11.8 Å². The van der Waals surface area contributed by atoms with Crippen molar-refractivity contribution in [2.45, 2.75) is 10.4 Å². The molecule has 6 heteroatoms. The summed E-state index contributed by atoms with van der Waals surface area (Å²) in [5.74, 6) is 0. The Kier molecular flexibility index (Phi) is 1.89. The summed E-state index contributed by atoms with van der Waals surface area (Å²) in [6.07, 6.45) is 2.32. The first-order chi connectivity index (χ1) is 4.58. The van der Waals surface area contributed by atoms with Gasteiger partial charge in [-0.05, 0) is 11.8 Å².